The Morgan fingerprint density at radius 1 is 1.21 bits per heavy atom. The molecule has 14 heavy (non-hydrogen) atoms. The fourth-order valence-electron chi connectivity index (χ4n) is 1.30. The van der Waals surface area contributed by atoms with E-state index < -0.39 is 0 Å². The number of hydrogen-bond acceptors (Lipinski definition) is 1. The lowest BCUT2D eigenvalue weighted by Crippen LogP contribution is -2.02. The van der Waals surface area contributed by atoms with Crippen LogP contribution in [-0.2, 0) is 0 Å². The minimum Gasteiger partial charge on any atom is -0.294 e. The first-order valence-corrected chi connectivity index (χ1v) is 5.41. The molecule has 0 bridgehead atoms. The predicted octanol–water partition coefficient (Wildman–Crippen LogP) is 4.24. The van der Waals surface area contributed by atoms with Crippen LogP contribution in [0.25, 0.3) is 0 Å². The molecule has 0 radical (unpaired) electrons. The van der Waals surface area contributed by atoms with Crippen LogP contribution in [0.2, 0.25) is 15.1 Å². The first kappa shape index (κ1) is 10.3. The quantitative estimate of drug-likeness (QED) is 0.566. The minimum atomic E-state index is 0.0550. The predicted molar refractivity (Wildman–Crippen MR) is 58.5 cm³/mol. The summed E-state index contributed by atoms with van der Waals surface area (Å²) in [7, 11) is 0. The Kier molecular flexibility index (Phi) is 2.74. The van der Waals surface area contributed by atoms with Gasteiger partial charge in [-0.3, -0.25) is 4.79 Å². The summed E-state index contributed by atoms with van der Waals surface area (Å²) in [4.78, 5) is 11.7. The lowest BCUT2D eigenvalue weighted by molar-refractivity contribution is 0.0968. The Labute approximate surface area is 97.0 Å². The maximum Gasteiger partial charge on any atom is 0.167 e. The Hall–Kier alpha value is -0.240. The highest BCUT2D eigenvalue weighted by Gasteiger charge is 2.32. The van der Waals surface area contributed by atoms with Gasteiger partial charge in [-0.05, 0) is 25.0 Å². The second kappa shape index (κ2) is 3.73. The SMILES string of the molecule is O=C(c1cc(Cl)cc(Cl)c1Cl)C1CC1. The van der Waals surface area contributed by atoms with Crippen molar-refractivity contribution in [2.75, 3.05) is 0 Å². The Balaban J connectivity index is 2.45. The van der Waals surface area contributed by atoms with Gasteiger partial charge in [0.25, 0.3) is 0 Å². The standard InChI is InChI=1S/C10H7Cl3O/c11-6-3-7(9(13)8(12)4-6)10(14)5-1-2-5/h3-5H,1-2H2. The average molecular weight is 250 g/mol. The van der Waals surface area contributed by atoms with E-state index in [1.807, 2.05) is 0 Å². The van der Waals surface area contributed by atoms with Crippen LogP contribution in [0.5, 0.6) is 0 Å². The zero-order chi connectivity index (χ0) is 10.3. The second-order valence-corrected chi connectivity index (χ2v) is 4.61. The molecule has 0 aromatic heterocycles. The normalized spacial score (nSPS) is 15.6. The van der Waals surface area contributed by atoms with Gasteiger partial charge in [0, 0.05) is 16.5 Å². The maximum absolute atomic E-state index is 11.7. The number of carbonyl (C=O) groups is 1. The molecule has 0 aliphatic heterocycles. The zero-order valence-electron chi connectivity index (χ0n) is 7.19. The van der Waals surface area contributed by atoms with Gasteiger partial charge >= 0.3 is 0 Å². The Morgan fingerprint density at radius 2 is 1.86 bits per heavy atom. The molecule has 0 amide bonds. The monoisotopic (exact) mass is 248 g/mol. The van der Waals surface area contributed by atoms with Crippen LogP contribution in [0.1, 0.15) is 23.2 Å². The van der Waals surface area contributed by atoms with E-state index >= 15 is 0 Å². The van der Waals surface area contributed by atoms with Crippen molar-refractivity contribution in [2.24, 2.45) is 5.92 Å². The van der Waals surface area contributed by atoms with Gasteiger partial charge in [0.05, 0.1) is 10.0 Å². The number of halogens is 3. The minimum absolute atomic E-state index is 0.0550. The summed E-state index contributed by atoms with van der Waals surface area (Å²) in [6.45, 7) is 0. The summed E-state index contributed by atoms with van der Waals surface area (Å²) in [5.41, 5.74) is 0.451. The van der Waals surface area contributed by atoms with Crippen molar-refractivity contribution in [3.05, 3.63) is 32.8 Å². The number of benzene rings is 1. The molecule has 1 aliphatic rings. The van der Waals surface area contributed by atoms with Gasteiger partial charge in [-0.2, -0.15) is 0 Å². The smallest absolute Gasteiger partial charge is 0.167 e. The molecular formula is C10H7Cl3O. The highest BCUT2D eigenvalue weighted by atomic mass is 35.5. The molecule has 0 heterocycles. The van der Waals surface area contributed by atoms with Gasteiger partial charge in [0.15, 0.2) is 5.78 Å². The van der Waals surface area contributed by atoms with Crippen LogP contribution in [0.4, 0.5) is 0 Å². The van der Waals surface area contributed by atoms with Crippen molar-refractivity contribution in [1.29, 1.82) is 0 Å². The zero-order valence-corrected chi connectivity index (χ0v) is 9.46. The van der Waals surface area contributed by atoms with Crippen molar-refractivity contribution in [2.45, 2.75) is 12.8 Å². The topological polar surface area (TPSA) is 17.1 Å². The van der Waals surface area contributed by atoms with Crippen LogP contribution in [-0.4, -0.2) is 5.78 Å². The molecule has 1 fully saturated rings. The molecule has 1 saturated carbocycles. The van der Waals surface area contributed by atoms with Gasteiger partial charge in [0.1, 0.15) is 0 Å². The molecule has 0 unspecified atom stereocenters. The van der Waals surface area contributed by atoms with E-state index in [4.69, 9.17) is 34.8 Å². The molecule has 0 spiro atoms. The molecule has 1 nitrogen and oxygen atoms in total. The number of carbonyl (C=O) groups excluding carboxylic acids is 1. The molecule has 0 atom stereocenters. The van der Waals surface area contributed by atoms with E-state index in [9.17, 15) is 4.79 Å². The summed E-state index contributed by atoms with van der Waals surface area (Å²) in [5.74, 6) is 0.182. The van der Waals surface area contributed by atoms with Crippen molar-refractivity contribution in [3.8, 4) is 0 Å². The average Bonchev–Trinajstić information content (AvgIpc) is 2.93. The van der Waals surface area contributed by atoms with Crippen LogP contribution in [0, 0.1) is 5.92 Å². The molecule has 74 valence electrons. The molecule has 1 aromatic carbocycles. The van der Waals surface area contributed by atoms with Crippen LogP contribution in [0.15, 0.2) is 12.1 Å². The number of hydrogen-bond donors (Lipinski definition) is 0. The largest absolute Gasteiger partial charge is 0.294 e. The third-order valence-corrected chi connectivity index (χ3v) is 3.23. The summed E-state index contributed by atoms with van der Waals surface area (Å²) in [5, 5.41) is 1.10. The molecule has 0 N–H and O–H groups in total. The van der Waals surface area contributed by atoms with Gasteiger partial charge in [-0.15, -0.1) is 0 Å². The summed E-state index contributed by atoms with van der Waals surface area (Å²) in [6, 6.07) is 3.12. The Bertz CT molecular complexity index is 397. The highest BCUT2D eigenvalue weighted by molar-refractivity contribution is 6.45. The number of rotatable bonds is 2. The van der Waals surface area contributed by atoms with E-state index in [2.05, 4.69) is 0 Å². The van der Waals surface area contributed by atoms with Crippen LogP contribution >= 0.6 is 34.8 Å². The third kappa shape index (κ3) is 1.90. The molecule has 0 saturated heterocycles. The maximum atomic E-state index is 11.7. The lowest BCUT2D eigenvalue weighted by Gasteiger charge is -2.04. The van der Waals surface area contributed by atoms with Crippen molar-refractivity contribution < 1.29 is 4.79 Å². The van der Waals surface area contributed by atoms with Gasteiger partial charge in [0.2, 0.25) is 0 Å². The van der Waals surface area contributed by atoms with Crippen LogP contribution < -0.4 is 0 Å². The first-order valence-electron chi connectivity index (χ1n) is 4.28. The lowest BCUT2D eigenvalue weighted by atomic mass is 10.1. The summed E-state index contributed by atoms with van der Waals surface area (Å²) < 4.78 is 0. The van der Waals surface area contributed by atoms with E-state index in [0.717, 1.165) is 12.8 Å². The highest BCUT2D eigenvalue weighted by Crippen LogP contribution is 2.37. The van der Waals surface area contributed by atoms with Gasteiger partial charge < -0.3 is 0 Å². The molecule has 4 heteroatoms. The number of Topliss-reactive ketones (excluding diaryl/α,β-unsaturated/α-hetero) is 1. The summed E-state index contributed by atoms with van der Waals surface area (Å²) >= 11 is 17.5. The summed E-state index contributed by atoms with van der Waals surface area (Å²) in [6.07, 6.45) is 1.89. The van der Waals surface area contributed by atoms with Crippen molar-refractivity contribution >= 4 is 40.6 Å². The number of ketones is 1. The van der Waals surface area contributed by atoms with E-state index in [1.54, 1.807) is 6.07 Å². The third-order valence-electron chi connectivity index (χ3n) is 2.21. The van der Waals surface area contributed by atoms with Crippen LogP contribution in [0.3, 0.4) is 0 Å². The molecule has 2 rings (SSSR count). The Morgan fingerprint density at radius 3 is 2.43 bits per heavy atom. The van der Waals surface area contributed by atoms with E-state index in [-0.39, 0.29) is 11.7 Å². The van der Waals surface area contributed by atoms with E-state index in [0.29, 0.717) is 20.6 Å². The molecule has 1 aliphatic carbocycles. The van der Waals surface area contributed by atoms with Crippen molar-refractivity contribution in [1.82, 2.24) is 0 Å². The van der Waals surface area contributed by atoms with E-state index in [1.165, 1.54) is 6.07 Å². The van der Waals surface area contributed by atoms with Crippen molar-refractivity contribution in [3.63, 3.8) is 0 Å². The second-order valence-electron chi connectivity index (χ2n) is 3.39. The fraction of sp³-hybridized carbons (Fsp3) is 0.300. The fourth-order valence-corrected chi connectivity index (χ4v) is 2.00. The van der Waals surface area contributed by atoms with Gasteiger partial charge in [-0.25, -0.2) is 0 Å². The van der Waals surface area contributed by atoms with Gasteiger partial charge in [-0.1, -0.05) is 34.8 Å². The molecular weight excluding hydrogens is 242 g/mol. The molecule has 1 aromatic rings. The first-order chi connectivity index (χ1) is 6.59.